The van der Waals surface area contributed by atoms with Crippen molar-refractivity contribution in [1.29, 1.82) is 0 Å². The van der Waals surface area contributed by atoms with Gasteiger partial charge in [0.2, 0.25) is 0 Å². The van der Waals surface area contributed by atoms with Crippen LogP contribution >= 0.6 is 23.2 Å². The van der Waals surface area contributed by atoms with Gasteiger partial charge < -0.3 is 58.5 Å². The van der Waals surface area contributed by atoms with Crippen molar-refractivity contribution >= 4 is 168 Å². The summed E-state index contributed by atoms with van der Waals surface area (Å²) in [7, 11) is 1.73. The van der Waals surface area contributed by atoms with Crippen molar-refractivity contribution in [3.05, 3.63) is 347 Å². The quantitative estimate of drug-likeness (QED) is 0.0162. The van der Waals surface area contributed by atoms with Crippen LogP contribution in [0.5, 0.6) is 0 Å². The van der Waals surface area contributed by atoms with E-state index >= 15 is 0 Å². The summed E-state index contributed by atoms with van der Waals surface area (Å²) in [5.41, 5.74) is 9.51. The molecule has 0 saturated heterocycles. The lowest BCUT2D eigenvalue weighted by Gasteiger charge is -2.14. The summed E-state index contributed by atoms with van der Waals surface area (Å²) >= 11 is 12.2. The van der Waals surface area contributed by atoms with E-state index in [1.54, 1.807) is 97.1 Å². The van der Waals surface area contributed by atoms with E-state index in [-0.39, 0.29) is 84.6 Å². The summed E-state index contributed by atoms with van der Waals surface area (Å²) in [5.74, 6) is 2.13. The molecule has 36 heteroatoms. The Morgan fingerprint density at radius 1 is 0.326 bits per heavy atom. The Morgan fingerprint density at radius 3 is 1.08 bits per heavy atom. The summed E-state index contributed by atoms with van der Waals surface area (Å²) in [4.78, 5) is 157. The van der Waals surface area contributed by atoms with Gasteiger partial charge in [-0.15, -0.1) is 0 Å². The molecule has 14 N–H and O–H groups in total. The number of Topliss-reactive ketones (excluding diaryl/α,β-unsaturated/α-hetero) is 4. The van der Waals surface area contributed by atoms with Gasteiger partial charge in [0.15, 0.2) is 11.6 Å². The van der Waals surface area contributed by atoms with Crippen LogP contribution in [0.1, 0.15) is 142 Å². The second-order valence-electron chi connectivity index (χ2n) is 30.1. The number of nitrogens with one attached hydrogen (secondary N) is 14. The van der Waals surface area contributed by atoms with E-state index in [1.807, 2.05) is 211 Å². The minimum Gasteiger partial charge on any atom is -0.355 e. The molecule has 0 saturated carbocycles. The van der Waals surface area contributed by atoms with Gasteiger partial charge in [-0.05, 0) is 143 Å². The van der Waals surface area contributed by atoms with Crippen LogP contribution in [-0.4, -0.2) is 135 Å². The number of benzene rings is 7. The Labute approximate surface area is 808 Å². The van der Waals surface area contributed by atoms with Crippen LogP contribution in [0, 0.1) is 0 Å². The maximum Gasteiger partial charge on any atom is 0.320 e. The van der Waals surface area contributed by atoms with E-state index in [4.69, 9.17) is 23.2 Å². The van der Waals surface area contributed by atoms with Gasteiger partial charge in [0.25, 0.3) is 17.7 Å². The molecule has 7 aromatic heterocycles. The summed E-state index contributed by atoms with van der Waals surface area (Å²) in [5, 5.41) is 45.1. The summed E-state index contributed by atoms with van der Waals surface area (Å²) in [6, 6.07) is 70.5. The minimum absolute atomic E-state index is 0.0798. The molecule has 0 radical (unpaired) electrons. The second kappa shape index (κ2) is 54.9. The first kappa shape index (κ1) is 103. The molecule has 0 atom stereocenters. The average molecular weight is 1900 g/mol. The molecule has 0 spiro atoms. The van der Waals surface area contributed by atoms with Gasteiger partial charge in [-0.3, -0.25) is 59.2 Å². The van der Waals surface area contributed by atoms with Crippen LogP contribution in [0.15, 0.2) is 286 Å². The van der Waals surface area contributed by atoms with Crippen molar-refractivity contribution in [2.24, 2.45) is 7.05 Å². The fraction of sp³-hybridized carbons (Fsp3) is 0.186. The van der Waals surface area contributed by atoms with Crippen molar-refractivity contribution < 1.29 is 47.9 Å². The number of nitrogens with zero attached hydrogens (tertiary/aromatic N) is 10. The maximum absolute atomic E-state index is 12.9. The van der Waals surface area contributed by atoms with Crippen LogP contribution in [0.3, 0.4) is 0 Å². The second-order valence-corrected chi connectivity index (χ2v) is 30.9. The molecule has 14 rings (SSSR count). The number of hydrogen-bond donors (Lipinski definition) is 14. The Bertz CT molecular complexity index is 6420. The summed E-state index contributed by atoms with van der Waals surface area (Å²) < 4.78 is 1.56. The van der Waals surface area contributed by atoms with Gasteiger partial charge in [0, 0.05) is 160 Å². The zero-order valence-corrected chi connectivity index (χ0v) is 78.4. The van der Waals surface area contributed by atoms with Gasteiger partial charge in [-0.25, -0.2) is 49.3 Å². The lowest BCUT2D eigenvalue weighted by molar-refractivity contribution is -0.119. The first-order valence-electron chi connectivity index (χ1n) is 44.3. The minimum atomic E-state index is -0.381. The fourth-order valence-corrected chi connectivity index (χ4v) is 13.2. The lowest BCUT2D eigenvalue weighted by Crippen LogP contribution is -2.29. The molecule has 138 heavy (non-hydrogen) atoms. The predicted molar refractivity (Wildman–Crippen MR) is 541 cm³/mol. The van der Waals surface area contributed by atoms with Gasteiger partial charge in [-0.1, -0.05) is 158 Å². The third kappa shape index (κ3) is 33.9. The topological polar surface area (TPSA) is 460 Å². The number of halogens is 2. The van der Waals surface area contributed by atoms with E-state index in [2.05, 4.69) is 119 Å². The molecule has 0 fully saturated rings. The van der Waals surface area contributed by atoms with E-state index in [1.165, 1.54) is 31.0 Å². The SMILES string of the molecule is CCCC(=O)Cc1ncc(C(=O)Cc2cccc(Cl)c2)c(Nc2ccccc2)n1.CCCC(=O)Cc1ncc(C(=O)Cc2cccnc2)c(Nc2ccccc2)n1.CCNC(=O)Nc1cc(Nc2ccccc2)c(C(=O)NCC)cn1.CCNC(=O)Nc1cc(Nc2ccccc2)c(C(=O)Nc2ccccc2Cl)cn1.CCNC(=O)Nc1cc(Nc2ccccc2)c(C(=O)Nc2ccnn2C)cn1. The van der Waals surface area contributed by atoms with Crippen LogP contribution < -0.4 is 74.4 Å². The highest BCUT2D eigenvalue weighted by Gasteiger charge is 2.24. The normalized spacial score (nSPS) is 10.3. The Kier molecular flexibility index (Phi) is 41.0. The van der Waals surface area contributed by atoms with Crippen molar-refractivity contribution in [3.8, 4) is 0 Å². The number of hydrogen-bond acceptors (Lipinski definition) is 24. The van der Waals surface area contributed by atoms with Crippen LogP contribution in [-0.2, 0) is 42.3 Å². The highest BCUT2D eigenvalue weighted by Crippen LogP contribution is 2.31. The number of ketones is 4. The number of para-hydroxylation sites is 6. The lowest BCUT2D eigenvalue weighted by atomic mass is 10.0. The average Bonchev–Trinajstić information content (AvgIpc) is 1.57. The van der Waals surface area contributed by atoms with Crippen molar-refractivity contribution in [3.63, 3.8) is 0 Å². The van der Waals surface area contributed by atoms with E-state index in [0.29, 0.717) is 146 Å². The number of pyridine rings is 4. The third-order valence-corrected chi connectivity index (χ3v) is 19.9. The zero-order chi connectivity index (χ0) is 98.3. The highest BCUT2D eigenvalue weighted by atomic mass is 35.5. The Balaban J connectivity index is 0.000000178. The van der Waals surface area contributed by atoms with Crippen LogP contribution in [0.25, 0.3) is 0 Å². The molecule has 9 amide bonds. The number of carbonyl (C=O) groups excluding carboxylic acids is 10. The number of aryl methyl sites for hydroxylation is 1. The van der Waals surface area contributed by atoms with E-state index < -0.39 is 0 Å². The van der Waals surface area contributed by atoms with Crippen LogP contribution in [0.4, 0.5) is 100 Å². The first-order valence-corrected chi connectivity index (χ1v) is 45.1. The summed E-state index contributed by atoms with van der Waals surface area (Å²) in [6.07, 6.45) is 15.4. The number of amides is 9. The molecule has 34 nitrogen and oxygen atoms in total. The zero-order valence-electron chi connectivity index (χ0n) is 76.9. The smallest absolute Gasteiger partial charge is 0.320 e. The third-order valence-electron chi connectivity index (χ3n) is 19.3. The standard InChI is InChI=1S/C23H22ClN3O2.C22H22N4O2.C21H20ClN5O2.C19H21N7O2.C17H21N5O2/c1-2-7-19(28)14-22-25-15-20(21(29)13-16-8-6-9-17(24)12-16)23(27-22)26-18-10-4-3-5-11-18;1-2-7-18(27)13-21-24-15-19(20(28)12-16-8-6-11-23-14-16)22(26-21)25-17-9-4-3-5-10-17;1-2-23-21(29)27-19-12-18(25-14-8-4-3-5-9-14)15(13-24-19)20(28)26-17-11-7-6-10-16(17)22;1-3-20-19(28)24-16-11-15(23-13-7-5-4-6-8-13)14(12-21-16)18(27)25-17-9-10-22-26(17)2;1-3-18-16(23)13-11-20-15(22-17(24)19-4-2)10-14(13)21-12-8-6-5-7-9-12/h3-6,8-12,15H,2,7,13-14H2,1H3,(H,25,26,27);3-6,8-11,14-15H,2,7,12-13H2,1H3,(H,24,25,26);3-13H,2H2,1H3,(H,26,28)(H3,23,24,25,27,29);4-12H,3H2,1-2H3,(H,25,27)(H3,20,21,23,24,28);5-11H,3-4H2,1-2H3,(H,18,23)(H3,19,20,21,22,24). The molecule has 0 bridgehead atoms. The van der Waals surface area contributed by atoms with Gasteiger partial charge >= 0.3 is 18.1 Å². The molecule has 7 heterocycles. The van der Waals surface area contributed by atoms with E-state index in [9.17, 15) is 47.9 Å². The molecule has 0 aliphatic heterocycles. The number of rotatable bonds is 36. The summed E-state index contributed by atoms with van der Waals surface area (Å²) in [6.45, 7) is 13.2. The Morgan fingerprint density at radius 2 is 0.703 bits per heavy atom. The fourth-order valence-electron chi connectivity index (χ4n) is 12.8. The molecular formula is C102H106Cl2N24O10. The van der Waals surface area contributed by atoms with E-state index in [0.717, 1.165) is 52.4 Å². The van der Waals surface area contributed by atoms with Gasteiger partial charge in [0.1, 0.15) is 58.1 Å². The molecule has 0 aliphatic carbocycles. The molecular weight excluding hydrogens is 1790 g/mol. The maximum atomic E-state index is 12.9. The molecule has 0 unspecified atom stereocenters. The number of urea groups is 3. The van der Waals surface area contributed by atoms with Crippen molar-refractivity contribution in [2.45, 2.75) is 92.9 Å². The van der Waals surface area contributed by atoms with Gasteiger partial charge in [0.05, 0.1) is 74.6 Å². The molecule has 7 aromatic carbocycles. The largest absolute Gasteiger partial charge is 0.355 e. The highest BCUT2D eigenvalue weighted by molar-refractivity contribution is 6.34. The molecule has 708 valence electrons. The van der Waals surface area contributed by atoms with Crippen molar-refractivity contribution in [2.75, 3.05) is 79.3 Å². The van der Waals surface area contributed by atoms with Crippen LogP contribution in [0.2, 0.25) is 10.0 Å². The number of aromatic nitrogens is 10. The number of carbonyl (C=O) groups is 10. The van der Waals surface area contributed by atoms with Crippen molar-refractivity contribution in [1.82, 2.24) is 70.9 Å². The number of anilines is 15. The molecule has 14 aromatic rings. The molecule has 0 aliphatic rings. The Hall–Kier alpha value is -17.0. The predicted octanol–water partition coefficient (Wildman–Crippen LogP) is 19.7. The monoisotopic (exact) mass is 1900 g/mol. The first-order chi connectivity index (χ1) is 67.0. The van der Waals surface area contributed by atoms with Gasteiger partial charge in [-0.2, -0.15) is 5.10 Å².